The molecular formula is C23H22Cl2N4O2S2. The van der Waals surface area contributed by atoms with Crippen LogP contribution in [-0.4, -0.2) is 34.3 Å². The molecule has 2 aromatic carbocycles. The van der Waals surface area contributed by atoms with E-state index >= 15 is 0 Å². The average molecular weight is 521 g/mol. The summed E-state index contributed by atoms with van der Waals surface area (Å²) in [6, 6.07) is 11.6. The van der Waals surface area contributed by atoms with Crippen molar-refractivity contribution < 1.29 is 9.59 Å². The van der Waals surface area contributed by atoms with Gasteiger partial charge in [0.1, 0.15) is 5.01 Å². The number of carbonyl (C=O) groups excluding carboxylic acids is 2. The summed E-state index contributed by atoms with van der Waals surface area (Å²) in [5.41, 5.74) is 4.16. The normalized spacial score (nSPS) is 15.8. The van der Waals surface area contributed by atoms with E-state index in [-0.39, 0.29) is 23.5 Å². The van der Waals surface area contributed by atoms with E-state index in [1.165, 1.54) is 23.1 Å². The third-order valence-corrected chi connectivity index (χ3v) is 7.91. The molecule has 0 bridgehead atoms. The predicted octanol–water partition coefficient (Wildman–Crippen LogP) is 5.85. The number of hydrogen-bond donors (Lipinski definition) is 1. The first-order chi connectivity index (χ1) is 15.8. The zero-order chi connectivity index (χ0) is 23.5. The molecule has 1 unspecified atom stereocenters. The molecule has 0 spiro atoms. The van der Waals surface area contributed by atoms with Crippen molar-refractivity contribution in [3.8, 4) is 0 Å². The van der Waals surface area contributed by atoms with Gasteiger partial charge < -0.3 is 4.90 Å². The third kappa shape index (κ3) is 6.06. The van der Waals surface area contributed by atoms with Gasteiger partial charge in [0.25, 0.3) is 0 Å². The van der Waals surface area contributed by atoms with E-state index < -0.39 is 0 Å². The Hall–Kier alpha value is -2.13. The third-order valence-electron chi connectivity index (χ3n) is 5.17. The fraction of sp³-hybridized carbons (Fsp3) is 0.304. The standard InChI is InChI=1S/C23H22Cl2N4O2S2/c1-13-5-14(2)7-17(6-13)29-10-16(9-21(29)31)22-27-28-23(33-22)26-20(30)12-32-11-15-3-4-18(24)19(25)8-15/h3-8,16H,9-12H2,1-2H3,(H,26,28,30). The summed E-state index contributed by atoms with van der Waals surface area (Å²) in [6.07, 6.45) is 0.384. The average Bonchev–Trinajstić information content (AvgIpc) is 3.36. The van der Waals surface area contributed by atoms with Crippen molar-refractivity contribution >= 4 is 68.9 Å². The minimum atomic E-state index is -0.151. The van der Waals surface area contributed by atoms with Gasteiger partial charge in [-0.25, -0.2) is 0 Å². The molecule has 0 radical (unpaired) electrons. The maximum absolute atomic E-state index is 12.6. The van der Waals surface area contributed by atoms with Gasteiger partial charge in [0.15, 0.2) is 0 Å². The second-order valence-corrected chi connectivity index (χ2v) is 10.8. The van der Waals surface area contributed by atoms with Crippen LogP contribution in [0.2, 0.25) is 10.0 Å². The molecule has 1 aliphatic heterocycles. The number of aryl methyl sites for hydroxylation is 2. The summed E-state index contributed by atoms with van der Waals surface area (Å²) >= 11 is 14.8. The fourth-order valence-electron chi connectivity index (χ4n) is 3.73. The molecule has 10 heteroatoms. The van der Waals surface area contributed by atoms with Gasteiger partial charge >= 0.3 is 0 Å². The summed E-state index contributed by atoms with van der Waals surface area (Å²) < 4.78 is 0. The summed E-state index contributed by atoms with van der Waals surface area (Å²) in [5.74, 6) is 0.805. The van der Waals surface area contributed by atoms with E-state index in [0.717, 1.165) is 27.4 Å². The lowest BCUT2D eigenvalue weighted by Gasteiger charge is -2.17. The highest BCUT2D eigenvalue weighted by molar-refractivity contribution is 7.99. The number of hydrogen-bond acceptors (Lipinski definition) is 6. The molecule has 1 saturated heterocycles. The van der Waals surface area contributed by atoms with Gasteiger partial charge in [0, 0.05) is 30.3 Å². The first-order valence-electron chi connectivity index (χ1n) is 10.3. The number of carbonyl (C=O) groups is 2. The number of benzene rings is 2. The Morgan fingerprint density at radius 1 is 1.15 bits per heavy atom. The largest absolute Gasteiger partial charge is 0.312 e. The number of thioether (sulfide) groups is 1. The smallest absolute Gasteiger partial charge is 0.236 e. The molecule has 1 aliphatic rings. The zero-order valence-electron chi connectivity index (χ0n) is 18.1. The molecule has 4 rings (SSSR count). The number of nitrogens with one attached hydrogen (secondary N) is 1. The van der Waals surface area contributed by atoms with E-state index in [2.05, 4.69) is 21.6 Å². The first kappa shape index (κ1) is 24.0. The van der Waals surface area contributed by atoms with Crippen LogP contribution in [0.3, 0.4) is 0 Å². The van der Waals surface area contributed by atoms with Crippen molar-refractivity contribution in [3.63, 3.8) is 0 Å². The van der Waals surface area contributed by atoms with Crippen LogP contribution in [-0.2, 0) is 15.3 Å². The second kappa shape index (κ2) is 10.4. The number of nitrogens with zero attached hydrogens (tertiary/aromatic N) is 3. The van der Waals surface area contributed by atoms with Crippen LogP contribution in [0, 0.1) is 13.8 Å². The van der Waals surface area contributed by atoms with E-state index in [1.807, 2.05) is 36.9 Å². The highest BCUT2D eigenvalue weighted by Crippen LogP contribution is 2.35. The number of halogens is 2. The topological polar surface area (TPSA) is 75.2 Å². The molecule has 0 saturated carbocycles. The SMILES string of the molecule is Cc1cc(C)cc(N2CC(c3nnc(NC(=O)CSCc4ccc(Cl)c(Cl)c4)s3)CC2=O)c1. The Kier molecular flexibility index (Phi) is 7.58. The van der Waals surface area contributed by atoms with Crippen LogP contribution in [0.15, 0.2) is 36.4 Å². The van der Waals surface area contributed by atoms with Crippen molar-refractivity contribution in [3.05, 3.63) is 68.1 Å². The summed E-state index contributed by atoms with van der Waals surface area (Å²) in [6.45, 7) is 4.61. The maximum atomic E-state index is 12.6. The number of amides is 2. The Balaban J connectivity index is 1.30. The molecule has 1 atom stereocenters. The molecule has 1 fully saturated rings. The van der Waals surface area contributed by atoms with Crippen molar-refractivity contribution in [1.82, 2.24) is 10.2 Å². The van der Waals surface area contributed by atoms with Crippen molar-refractivity contribution in [2.45, 2.75) is 31.9 Å². The molecule has 6 nitrogen and oxygen atoms in total. The van der Waals surface area contributed by atoms with Crippen LogP contribution in [0.1, 0.15) is 34.0 Å². The van der Waals surface area contributed by atoms with Crippen LogP contribution >= 0.6 is 46.3 Å². The number of rotatable bonds is 7. The zero-order valence-corrected chi connectivity index (χ0v) is 21.2. The molecule has 3 aromatic rings. The van der Waals surface area contributed by atoms with Crippen LogP contribution < -0.4 is 10.2 Å². The van der Waals surface area contributed by atoms with E-state index in [9.17, 15) is 9.59 Å². The minimum Gasteiger partial charge on any atom is -0.312 e. The molecule has 1 N–H and O–H groups in total. The van der Waals surface area contributed by atoms with Crippen molar-refractivity contribution in [2.75, 3.05) is 22.5 Å². The fourth-order valence-corrected chi connectivity index (χ4v) is 5.67. The Labute approximate surface area is 210 Å². The molecule has 0 aliphatic carbocycles. The van der Waals surface area contributed by atoms with Crippen LogP contribution in [0.4, 0.5) is 10.8 Å². The lowest BCUT2D eigenvalue weighted by Crippen LogP contribution is -2.24. The summed E-state index contributed by atoms with van der Waals surface area (Å²) in [5, 5.41) is 13.4. The van der Waals surface area contributed by atoms with Crippen molar-refractivity contribution in [2.24, 2.45) is 0 Å². The van der Waals surface area contributed by atoms with Gasteiger partial charge in [-0.1, -0.05) is 46.7 Å². The molecule has 2 amide bonds. The summed E-state index contributed by atoms with van der Waals surface area (Å²) in [7, 11) is 0. The van der Waals surface area contributed by atoms with Gasteiger partial charge in [-0.15, -0.1) is 22.0 Å². The molecule has 2 heterocycles. The first-order valence-corrected chi connectivity index (χ1v) is 13.0. The highest BCUT2D eigenvalue weighted by Gasteiger charge is 2.34. The lowest BCUT2D eigenvalue weighted by atomic mass is 10.1. The van der Waals surface area contributed by atoms with Gasteiger partial charge in [0.05, 0.1) is 15.8 Å². The quantitative estimate of drug-likeness (QED) is 0.422. The Morgan fingerprint density at radius 3 is 2.64 bits per heavy atom. The van der Waals surface area contributed by atoms with Crippen LogP contribution in [0.25, 0.3) is 0 Å². The minimum absolute atomic E-state index is 0.0366. The van der Waals surface area contributed by atoms with Gasteiger partial charge in [0.2, 0.25) is 16.9 Å². The van der Waals surface area contributed by atoms with Gasteiger partial charge in [-0.2, -0.15) is 0 Å². The molecular weight excluding hydrogens is 499 g/mol. The van der Waals surface area contributed by atoms with E-state index in [1.54, 1.807) is 12.1 Å². The van der Waals surface area contributed by atoms with E-state index in [4.69, 9.17) is 23.2 Å². The van der Waals surface area contributed by atoms with Crippen molar-refractivity contribution in [1.29, 1.82) is 0 Å². The van der Waals surface area contributed by atoms with E-state index in [0.29, 0.717) is 33.9 Å². The Bertz CT molecular complexity index is 1180. The van der Waals surface area contributed by atoms with Gasteiger partial charge in [-0.05, 0) is 54.8 Å². The second-order valence-electron chi connectivity index (χ2n) is 7.99. The monoisotopic (exact) mass is 520 g/mol. The lowest BCUT2D eigenvalue weighted by molar-refractivity contribution is -0.117. The Morgan fingerprint density at radius 2 is 1.91 bits per heavy atom. The molecule has 33 heavy (non-hydrogen) atoms. The number of anilines is 2. The molecule has 1 aromatic heterocycles. The molecule has 172 valence electrons. The predicted molar refractivity (Wildman–Crippen MR) is 137 cm³/mol. The summed E-state index contributed by atoms with van der Waals surface area (Å²) in [4.78, 5) is 26.7. The van der Waals surface area contributed by atoms with Gasteiger partial charge in [-0.3, -0.25) is 14.9 Å². The number of aromatic nitrogens is 2. The highest BCUT2D eigenvalue weighted by atomic mass is 35.5. The maximum Gasteiger partial charge on any atom is 0.236 e. The van der Waals surface area contributed by atoms with Crippen LogP contribution in [0.5, 0.6) is 0 Å².